The van der Waals surface area contributed by atoms with Crippen LogP contribution in [0.15, 0.2) is 114 Å². The summed E-state index contributed by atoms with van der Waals surface area (Å²) in [6.45, 7) is 4.38. The molecule has 0 N–H and O–H groups in total. The smallest absolute Gasteiger partial charge is 0.136 e. The number of aryl methyl sites for hydroxylation is 1. The molecule has 0 saturated carbocycles. The Labute approximate surface area is 218 Å². The molecule has 0 fully saturated rings. The van der Waals surface area contributed by atoms with E-state index >= 15 is 0 Å². The molecule has 2 atom stereocenters. The van der Waals surface area contributed by atoms with Crippen LogP contribution in [-0.2, 0) is 5.54 Å². The molecule has 4 aromatic carbocycles. The molecule has 5 aromatic rings. The zero-order chi connectivity index (χ0) is 25.2. The maximum Gasteiger partial charge on any atom is 0.136 e. The first-order valence-corrected chi connectivity index (χ1v) is 13.1. The highest BCUT2D eigenvalue weighted by Gasteiger charge is 2.55. The van der Waals surface area contributed by atoms with Crippen LogP contribution in [0.25, 0.3) is 11.0 Å². The number of hydrazone groups is 1. The first-order valence-electron chi connectivity index (χ1n) is 13.1. The summed E-state index contributed by atoms with van der Waals surface area (Å²) in [6, 6.07) is 38.1. The van der Waals surface area contributed by atoms with E-state index < -0.39 is 5.54 Å². The molecule has 5 nitrogen and oxygen atoms in total. The zero-order valence-corrected chi connectivity index (χ0v) is 21.3. The molecule has 37 heavy (non-hydrogen) atoms. The highest BCUT2D eigenvalue weighted by atomic mass is 15.6. The summed E-state index contributed by atoms with van der Waals surface area (Å²) < 4.78 is 2.16. The van der Waals surface area contributed by atoms with Crippen molar-refractivity contribution in [1.29, 1.82) is 0 Å². The average Bonchev–Trinajstić information content (AvgIpc) is 3.54. The van der Waals surface area contributed by atoms with E-state index in [2.05, 4.69) is 126 Å². The Bertz CT molecular complexity index is 1520. The number of nitrogens with zero attached hydrogens (tertiary/aromatic N) is 5. The SMILES string of the molecule is CCCC[C@@]1(n2nnc3ccccc32)C(c2ccccc2)=NN(c2ccccc2)[C@@H]1c1ccc(C)cc1. The average molecular weight is 486 g/mol. The van der Waals surface area contributed by atoms with Gasteiger partial charge in [-0.15, -0.1) is 5.10 Å². The number of hydrogen-bond acceptors (Lipinski definition) is 4. The minimum atomic E-state index is -0.571. The van der Waals surface area contributed by atoms with Crippen LogP contribution in [0, 0.1) is 6.92 Å². The third-order valence-corrected chi connectivity index (χ3v) is 7.42. The number of benzene rings is 4. The van der Waals surface area contributed by atoms with Gasteiger partial charge in [0.25, 0.3) is 0 Å². The van der Waals surface area contributed by atoms with Gasteiger partial charge in [0.2, 0.25) is 0 Å². The Balaban J connectivity index is 1.70. The quantitative estimate of drug-likeness (QED) is 0.243. The molecule has 0 saturated heterocycles. The normalized spacial score (nSPS) is 19.4. The number of hydrogen-bond donors (Lipinski definition) is 0. The Morgan fingerprint density at radius 2 is 1.46 bits per heavy atom. The van der Waals surface area contributed by atoms with Crippen LogP contribution in [0.2, 0.25) is 0 Å². The first kappa shape index (κ1) is 23.2. The topological polar surface area (TPSA) is 46.3 Å². The number of para-hydroxylation sites is 2. The van der Waals surface area contributed by atoms with Gasteiger partial charge in [-0.05, 0) is 43.2 Å². The molecule has 0 bridgehead atoms. The summed E-state index contributed by atoms with van der Waals surface area (Å²) in [5, 5.41) is 17.1. The van der Waals surface area contributed by atoms with Crippen molar-refractivity contribution in [2.24, 2.45) is 5.10 Å². The summed E-state index contributed by atoms with van der Waals surface area (Å²) in [5.41, 5.74) is 6.98. The Morgan fingerprint density at radius 1 is 0.784 bits per heavy atom. The van der Waals surface area contributed by atoms with Gasteiger partial charge in [-0.1, -0.05) is 115 Å². The molecule has 5 heteroatoms. The molecule has 184 valence electrons. The van der Waals surface area contributed by atoms with Gasteiger partial charge in [0.1, 0.15) is 17.1 Å². The second-order valence-corrected chi connectivity index (χ2v) is 9.83. The van der Waals surface area contributed by atoms with Crippen LogP contribution in [0.1, 0.15) is 48.9 Å². The van der Waals surface area contributed by atoms with E-state index in [9.17, 15) is 0 Å². The maximum atomic E-state index is 5.44. The van der Waals surface area contributed by atoms with E-state index in [1.807, 2.05) is 12.1 Å². The lowest BCUT2D eigenvalue weighted by Gasteiger charge is -2.39. The number of aromatic nitrogens is 3. The van der Waals surface area contributed by atoms with E-state index in [4.69, 9.17) is 10.3 Å². The predicted molar refractivity (Wildman–Crippen MR) is 151 cm³/mol. The minimum absolute atomic E-state index is 0.109. The van der Waals surface area contributed by atoms with Crippen LogP contribution in [0.4, 0.5) is 5.69 Å². The van der Waals surface area contributed by atoms with Crippen LogP contribution in [0.5, 0.6) is 0 Å². The van der Waals surface area contributed by atoms with Crippen LogP contribution < -0.4 is 5.01 Å². The fourth-order valence-corrected chi connectivity index (χ4v) is 5.63. The van der Waals surface area contributed by atoms with Gasteiger partial charge in [-0.3, -0.25) is 5.01 Å². The zero-order valence-electron chi connectivity index (χ0n) is 21.3. The summed E-state index contributed by atoms with van der Waals surface area (Å²) in [5.74, 6) is 0. The van der Waals surface area contributed by atoms with Gasteiger partial charge in [0, 0.05) is 5.56 Å². The highest BCUT2D eigenvalue weighted by Crippen LogP contribution is 2.51. The second-order valence-electron chi connectivity index (χ2n) is 9.83. The third kappa shape index (κ3) is 3.91. The van der Waals surface area contributed by atoms with E-state index in [1.54, 1.807) is 0 Å². The van der Waals surface area contributed by atoms with Crippen molar-refractivity contribution in [3.63, 3.8) is 0 Å². The van der Waals surface area contributed by atoms with Crippen molar-refractivity contribution in [3.05, 3.63) is 126 Å². The van der Waals surface area contributed by atoms with Gasteiger partial charge in [-0.25, -0.2) is 4.68 Å². The molecule has 2 heterocycles. The summed E-state index contributed by atoms with van der Waals surface area (Å²) >= 11 is 0. The molecular formula is C32H31N5. The summed E-state index contributed by atoms with van der Waals surface area (Å²) in [7, 11) is 0. The van der Waals surface area contributed by atoms with Gasteiger partial charge >= 0.3 is 0 Å². The van der Waals surface area contributed by atoms with Crippen molar-refractivity contribution >= 4 is 22.4 Å². The van der Waals surface area contributed by atoms with Gasteiger partial charge < -0.3 is 0 Å². The van der Waals surface area contributed by atoms with E-state index in [0.717, 1.165) is 47.3 Å². The Hall–Kier alpha value is -4.25. The van der Waals surface area contributed by atoms with Crippen molar-refractivity contribution in [2.45, 2.75) is 44.7 Å². The minimum Gasteiger partial charge on any atom is -0.255 e. The third-order valence-electron chi connectivity index (χ3n) is 7.42. The number of fused-ring (bicyclic) bond motifs is 1. The largest absolute Gasteiger partial charge is 0.255 e. The number of rotatable bonds is 7. The lowest BCUT2D eigenvalue weighted by molar-refractivity contribution is 0.285. The lowest BCUT2D eigenvalue weighted by Crippen LogP contribution is -2.48. The molecule has 1 aromatic heterocycles. The molecule has 0 radical (unpaired) electrons. The molecular weight excluding hydrogens is 454 g/mol. The predicted octanol–water partition coefficient (Wildman–Crippen LogP) is 7.29. The molecule has 0 spiro atoms. The monoisotopic (exact) mass is 485 g/mol. The van der Waals surface area contributed by atoms with Crippen LogP contribution in [-0.4, -0.2) is 20.7 Å². The van der Waals surface area contributed by atoms with E-state index in [1.165, 1.54) is 11.1 Å². The Morgan fingerprint density at radius 3 is 2.19 bits per heavy atom. The second kappa shape index (κ2) is 9.66. The maximum absolute atomic E-state index is 5.44. The first-order chi connectivity index (χ1) is 18.2. The van der Waals surface area contributed by atoms with Gasteiger partial charge in [-0.2, -0.15) is 5.10 Å². The van der Waals surface area contributed by atoms with Gasteiger partial charge in [0.15, 0.2) is 0 Å². The molecule has 1 aliphatic rings. The van der Waals surface area contributed by atoms with Crippen molar-refractivity contribution in [2.75, 3.05) is 5.01 Å². The highest BCUT2D eigenvalue weighted by molar-refractivity contribution is 6.09. The van der Waals surface area contributed by atoms with Crippen LogP contribution >= 0.6 is 0 Å². The summed E-state index contributed by atoms with van der Waals surface area (Å²) in [6.07, 6.45) is 2.99. The fourth-order valence-electron chi connectivity index (χ4n) is 5.63. The molecule has 0 amide bonds. The molecule has 6 rings (SSSR count). The Kier molecular flexibility index (Phi) is 6.05. The van der Waals surface area contributed by atoms with Crippen molar-refractivity contribution in [1.82, 2.24) is 15.0 Å². The summed E-state index contributed by atoms with van der Waals surface area (Å²) in [4.78, 5) is 0. The molecule has 0 aliphatic carbocycles. The van der Waals surface area contributed by atoms with Gasteiger partial charge in [0.05, 0.1) is 16.9 Å². The van der Waals surface area contributed by atoms with Crippen molar-refractivity contribution < 1.29 is 0 Å². The van der Waals surface area contributed by atoms with E-state index in [0.29, 0.717) is 0 Å². The molecule has 1 aliphatic heterocycles. The fraction of sp³-hybridized carbons (Fsp3) is 0.219. The lowest BCUT2D eigenvalue weighted by atomic mass is 9.75. The standard InChI is InChI=1S/C32H31N5/c1-3-4-23-32(37-29-18-12-11-17-28(29)33-35-37)30(25-13-7-5-8-14-25)34-36(27-15-9-6-10-16-27)31(32)26-21-19-24(2)20-22-26/h5-22,31H,3-4,23H2,1-2H3/t31-,32-/m1/s1. The van der Waals surface area contributed by atoms with E-state index in [-0.39, 0.29) is 6.04 Å². The number of unbranched alkanes of at least 4 members (excludes halogenated alkanes) is 1. The number of anilines is 1. The van der Waals surface area contributed by atoms with Crippen LogP contribution in [0.3, 0.4) is 0 Å². The van der Waals surface area contributed by atoms with Crippen molar-refractivity contribution in [3.8, 4) is 0 Å². The molecule has 0 unspecified atom stereocenters.